The fraction of sp³-hybridized carbons (Fsp3) is 0.667. The van der Waals surface area contributed by atoms with Gasteiger partial charge in [-0.3, -0.25) is 4.79 Å². The zero-order valence-electron chi connectivity index (χ0n) is 12.1. The lowest BCUT2D eigenvalue weighted by Crippen LogP contribution is -2.46. The first kappa shape index (κ1) is 15.9. The zero-order valence-corrected chi connectivity index (χ0v) is 12.9. The van der Waals surface area contributed by atoms with Crippen LogP contribution >= 0.6 is 0 Å². The van der Waals surface area contributed by atoms with Crippen molar-refractivity contribution in [2.45, 2.75) is 31.7 Å². The second kappa shape index (κ2) is 5.74. The summed E-state index contributed by atoms with van der Waals surface area (Å²) in [6, 6.07) is -0.730. The number of likely N-dealkylation sites (N-methyl/N-ethyl adjacent to an activating group) is 1. The Labute approximate surface area is 122 Å². The zero-order chi connectivity index (χ0) is 15.8. The monoisotopic (exact) mass is 318 g/mol. The Morgan fingerprint density at radius 3 is 2.57 bits per heavy atom. The Bertz CT molecular complexity index is 619. The second-order valence-electron chi connectivity index (χ2n) is 4.91. The summed E-state index contributed by atoms with van der Waals surface area (Å²) in [5.74, 6) is -1.75. The van der Waals surface area contributed by atoms with Gasteiger partial charge in [0.25, 0.3) is 0 Å². The molecule has 1 aliphatic rings. The number of aromatic nitrogens is 1. The smallest absolute Gasteiger partial charge is 0.310 e. The van der Waals surface area contributed by atoms with Gasteiger partial charge < -0.3 is 14.4 Å². The maximum Gasteiger partial charge on any atom is 0.310 e. The van der Waals surface area contributed by atoms with Crippen LogP contribution in [0.3, 0.4) is 0 Å². The van der Waals surface area contributed by atoms with E-state index in [9.17, 15) is 18.3 Å². The first-order chi connectivity index (χ1) is 9.80. The molecule has 0 bridgehead atoms. The molecule has 8 nitrogen and oxygen atoms in total. The molecule has 9 heteroatoms. The lowest BCUT2D eigenvalue weighted by atomic mass is 10.0. The van der Waals surface area contributed by atoms with E-state index in [0.717, 1.165) is 4.31 Å². The van der Waals surface area contributed by atoms with Crippen molar-refractivity contribution in [3.63, 3.8) is 0 Å². The van der Waals surface area contributed by atoms with Gasteiger partial charge in [-0.2, -0.15) is 4.31 Å². The van der Waals surface area contributed by atoms with E-state index in [2.05, 4.69) is 5.16 Å². The third-order valence-corrected chi connectivity index (χ3v) is 5.83. The van der Waals surface area contributed by atoms with E-state index in [0.29, 0.717) is 0 Å². The van der Waals surface area contributed by atoms with E-state index in [1.165, 1.54) is 13.8 Å². The van der Waals surface area contributed by atoms with Gasteiger partial charge in [0.15, 0.2) is 5.76 Å². The predicted molar refractivity (Wildman–Crippen MR) is 71.3 cm³/mol. The van der Waals surface area contributed by atoms with Crippen molar-refractivity contribution in [2.75, 3.05) is 19.8 Å². The molecule has 2 unspecified atom stereocenters. The molecule has 21 heavy (non-hydrogen) atoms. The minimum Gasteiger partial charge on any atom is -0.481 e. The lowest BCUT2D eigenvalue weighted by molar-refractivity contribution is -0.142. The molecule has 0 spiro atoms. The summed E-state index contributed by atoms with van der Waals surface area (Å²) in [7, 11) is -3.89. The van der Waals surface area contributed by atoms with Gasteiger partial charge in [0.2, 0.25) is 10.0 Å². The topological polar surface area (TPSA) is 110 Å². The minimum atomic E-state index is -3.89. The molecule has 2 heterocycles. The van der Waals surface area contributed by atoms with Crippen LogP contribution in [0.25, 0.3) is 0 Å². The highest BCUT2D eigenvalue weighted by molar-refractivity contribution is 7.89. The largest absolute Gasteiger partial charge is 0.481 e. The van der Waals surface area contributed by atoms with Crippen molar-refractivity contribution >= 4 is 16.0 Å². The van der Waals surface area contributed by atoms with E-state index in [4.69, 9.17) is 9.26 Å². The van der Waals surface area contributed by atoms with E-state index >= 15 is 0 Å². The number of nitrogens with zero attached hydrogens (tertiary/aromatic N) is 2. The number of ether oxygens (including phenoxy) is 1. The van der Waals surface area contributed by atoms with Gasteiger partial charge in [-0.1, -0.05) is 12.1 Å². The van der Waals surface area contributed by atoms with Gasteiger partial charge in [-0.25, -0.2) is 8.42 Å². The van der Waals surface area contributed by atoms with Crippen molar-refractivity contribution in [3.05, 3.63) is 11.5 Å². The molecule has 118 valence electrons. The maximum atomic E-state index is 12.8. The summed E-state index contributed by atoms with van der Waals surface area (Å²) < 4.78 is 36.8. The van der Waals surface area contributed by atoms with E-state index in [-0.39, 0.29) is 36.1 Å². The molecule has 0 aromatic carbocycles. The summed E-state index contributed by atoms with van der Waals surface area (Å²) in [6.45, 7) is 4.93. The normalized spacial score (nSPS) is 22.9. The van der Waals surface area contributed by atoms with Crippen LogP contribution < -0.4 is 0 Å². The van der Waals surface area contributed by atoms with Crippen molar-refractivity contribution < 1.29 is 27.6 Å². The van der Waals surface area contributed by atoms with Crippen molar-refractivity contribution in [1.29, 1.82) is 0 Å². The van der Waals surface area contributed by atoms with Crippen molar-refractivity contribution in [3.8, 4) is 0 Å². The van der Waals surface area contributed by atoms with Crippen LogP contribution in [0, 0.1) is 19.8 Å². The average molecular weight is 318 g/mol. The van der Waals surface area contributed by atoms with Crippen LogP contribution in [-0.4, -0.2) is 54.8 Å². The highest BCUT2D eigenvalue weighted by Crippen LogP contribution is 2.29. The Hall–Kier alpha value is -1.45. The Morgan fingerprint density at radius 1 is 1.43 bits per heavy atom. The first-order valence-corrected chi connectivity index (χ1v) is 8.00. The minimum absolute atomic E-state index is 0.000360. The molecule has 1 saturated heterocycles. The van der Waals surface area contributed by atoms with Crippen LogP contribution in [0.2, 0.25) is 0 Å². The molecule has 0 saturated carbocycles. The fourth-order valence-electron chi connectivity index (χ4n) is 2.61. The van der Waals surface area contributed by atoms with Crippen LogP contribution in [-0.2, 0) is 19.6 Å². The van der Waals surface area contributed by atoms with Gasteiger partial charge in [0.1, 0.15) is 10.6 Å². The Morgan fingerprint density at radius 2 is 2.10 bits per heavy atom. The molecule has 2 atom stereocenters. The number of carboxylic acids is 1. The van der Waals surface area contributed by atoms with Crippen LogP contribution in [0.5, 0.6) is 0 Å². The number of hydrogen-bond acceptors (Lipinski definition) is 6. The molecule has 1 fully saturated rings. The number of carbonyl (C=O) groups is 1. The predicted octanol–water partition coefficient (Wildman–Crippen LogP) is 0.402. The molecule has 1 aromatic rings. The number of rotatable bonds is 5. The Kier molecular flexibility index (Phi) is 4.35. The standard InChI is InChI=1S/C12H18N2O6S/c1-4-14(10-6-19-5-9(10)12(15)16)21(17,18)11-7(2)13-20-8(11)3/h9-10H,4-6H2,1-3H3,(H,15,16). The third-order valence-electron chi connectivity index (χ3n) is 3.58. The molecule has 1 N–H and O–H groups in total. The SMILES string of the molecule is CCN(C1COCC1C(=O)O)S(=O)(=O)c1c(C)noc1C. The van der Waals surface area contributed by atoms with Crippen LogP contribution in [0.4, 0.5) is 0 Å². The number of aliphatic carboxylic acids is 1. The summed E-state index contributed by atoms with van der Waals surface area (Å²) in [6.07, 6.45) is 0. The lowest BCUT2D eigenvalue weighted by Gasteiger charge is -2.28. The summed E-state index contributed by atoms with van der Waals surface area (Å²) in [5.41, 5.74) is 0.261. The summed E-state index contributed by atoms with van der Waals surface area (Å²) >= 11 is 0. The Balaban J connectivity index is 2.43. The molecule has 1 aliphatic heterocycles. The fourth-order valence-corrected chi connectivity index (χ4v) is 4.56. The van der Waals surface area contributed by atoms with Crippen molar-refractivity contribution in [2.24, 2.45) is 5.92 Å². The number of hydrogen-bond donors (Lipinski definition) is 1. The molecule has 1 aromatic heterocycles. The highest BCUT2D eigenvalue weighted by atomic mass is 32.2. The molecular weight excluding hydrogens is 300 g/mol. The molecule has 0 aliphatic carbocycles. The highest BCUT2D eigenvalue weighted by Gasteiger charge is 2.44. The molecule has 0 amide bonds. The maximum absolute atomic E-state index is 12.8. The van der Waals surface area contributed by atoms with E-state index in [1.54, 1.807) is 6.92 Å². The van der Waals surface area contributed by atoms with Gasteiger partial charge in [-0.05, 0) is 13.8 Å². The van der Waals surface area contributed by atoms with Gasteiger partial charge in [0.05, 0.1) is 25.2 Å². The van der Waals surface area contributed by atoms with E-state index < -0.39 is 28.0 Å². The molecule has 0 radical (unpaired) electrons. The third kappa shape index (κ3) is 2.68. The second-order valence-corrected chi connectivity index (χ2v) is 6.74. The van der Waals surface area contributed by atoms with Gasteiger partial charge >= 0.3 is 5.97 Å². The van der Waals surface area contributed by atoms with Gasteiger partial charge in [-0.15, -0.1) is 0 Å². The molecular formula is C12H18N2O6S. The van der Waals surface area contributed by atoms with Crippen molar-refractivity contribution in [1.82, 2.24) is 9.46 Å². The first-order valence-electron chi connectivity index (χ1n) is 6.56. The van der Waals surface area contributed by atoms with Crippen LogP contribution in [0.1, 0.15) is 18.4 Å². The summed E-state index contributed by atoms with van der Waals surface area (Å²) in [5, 5.41) is 12.9. The summed E-state index contributed by atoms with van der Waals surface area (Å²) in [4.78, 5) is 11.2. The number of carboxylic acid groups (broad SMARTS) is 1. The number of sulfonamides is 1. The quantitative estimate of drug-likeness (QED) is 0.836. The number of aryl methyl sites for hydroxylation is 2. The van der Waals surface area contributed by atoms with Crippen LogP contribution in [0.15, 0.2) is 9.42 Å². The average Bonchev–Trinajstić information content (AvgIpc) is 2.97. The molecule has 2 rings (SSSR count). The van der Waals surface area contributed by atoms with E-state index in [1.807, 2.05) is 0 Å². The van der Waals surface area contributed by atoms with Gasteiger partial charge in [0, 0.05) is 6.54 Å².